The normalized spacial score (nSPS) is 12.3. The number of rotatable bonds is 5. The fourth-order valence-electron chi connectivity index (χ4n) is 2.30. The third-order valence-corrected chi connectivity index (χ3v) is 3.60. The average Bonchev–Trinajstić information content (AvgIpc) is 2.94. The molecular weight excluding hydrogens is 340 g/mol. The van der Waals surface area contributed by atoms with Gasteiger partial charge in [0.1, 0.15) is 5.75 Å². The zero-order valence-electron chi connectivity index (χ0n) is 13.6. The number of aromatic hydroxyl groups is 1. The number of hydrogen-bond donors (Lipinski definition) is 2. The van der Waals surface area contributed by atoms with Crippen molar-refractivity contribution in [3.63, 3.8) is 0 Å². The van der Waals surface area contributed by atoms with Gasteiger partial charge in [-0.3, -0.25) is 14.9 Å². The molecule has 9 heteroatoms. The van der Waals surface area contributed by atoms with Gasteiger partial charge < -0.3 is 14.8 Å². The van der Waals surface area contributed by atoms with Crippen LogP contribution in [0.15, 0.2) is 58.8 Å². The van der Waals surface area contributed by atoms with Gasteiger partial charge in [-0.05, 0) is 25.1 Å². The van der Waals surface area contributed by atoms with Crippen LogP contribution in [0, 0.1) is 10.1 Å². The zero-order valence-corrected chi connectivity index (χ0v) is 13.6. The summed E-state index contributed by atoms with van der Waals surface area (Å²) < 4.78 is 5.45. The third kappa shape index (κ3) is 3.51. The van der Waals surface area contributed by atoms with Crippen LogP contribution in [-0.2, 0) is 4.79 Å². The first kappa shape index (κ1) is 17.1. The minimum Gasteiger partial charge on any atom is -0.493 e. The lowest BCUT2D eigenvalue weighted by molar-refractivity contribution is -0.384. The number of amides is 1. The Morgan fingerprint density at radius 2 is 2.00 bits per heavy atom. The summed E-state index contributed by atoms with van der Waals surface area (Å²) in [6, 6.07) is 12.7. The maximum absolute atomic E-state index is 12.1. The Morgan fingerprint density at radius 3 is 2.69 bits per heavy atom. The van der Waals surface area contributed by atoms with E-state index in [2.05, 4.69) is 15.2 Å². The topological polar surface area (TPSA) is 130 Å². The van der Waals surface area contributed by atoms with Gasteiger partial charge in [-0.2, -0.15) is 0 Å². The highest BCUT2D eigenvalue weighted by molar-refractivity contribution is 5.95. The van der Waals surface area contributed by atoms with Crippen LogP contribution in [0.2, 0.25) is 0 Å². The summed E-state index contributed by atoms with van der Waals surface area (Å²) in [5.74, 6) is -0.490. The molecule has 132 valence electrons. The second-order valence-electron chi connectivity index (χ2n) is 5.42. The molecule has 0 fully saturated rings. The number of nitro groups is 1. The van der Waals surface area contributed by atoms with Crippen LogP contribution in [0.3, 0.4) is 0 Å². The molecule has 1 heterocycles. The zero-order chi connectivity index (χ0) is 18.7. The number of aromatic amines is 1. The second-order valence-corrected chi connectivity index (χ2v) is 5.42. The molecule has 0 aliphatic rings. The maximum atomic E-state index is 12.1. The van der Waals surface area contributed by atoms with Gasteiger partial charge in [-0.1, -0.05) is 18.2 Å². The van der Waals surface area contributed by atoms with Gasteiger partial charge in [0.2, 0.25) is 5.88 Å². The van der Waals surface area contributed by atoms with Crippen molar-refractivity contribution in [3.05, 3.63) is 58.6 Å². The number of hydrogen-bond acceptors (Lipinski definition) is 6. The van der Waals surface area contributed by atoms with Crippen molar-refractivity contribution in [3.8, 4) is 11.6 Å². The van der Waals surface area contributed by atoms with Gasteiger partial charge >= 0.3 is 5.91 Å². The number of ether oxygens (including phenoxy) is 1. The van der Waals surface area contributed by atoms with E-state index in [9.17, 15) is 20.0 Å². The van der Waals surface area contributed by atoms with E-state index in [1.54, 1.807) is 24.3 Å². The molecule has 0 spiro atoms. The van der Waals surface area contributed by atoms with Gasteiger partial charge in [0.25, 0.3) is 5.69 Å². The summed E-state index contributed by atoms with van der Waals surface area (Å²) in [6.07, 6.45) is -0.886. The molecule has 3 aromatic rings. The van der Waals surface area contributed by atoms with E-state index in [4.69, 9.17) is 4.74 Å². The SMILES string of the molecule is C[C@@H](Oc1ccccc1)C(=O)N=Nc1c(O)[nH]c2ccc([N+](=O)[O-])cc12. The van der Waals surface area contributed by atoms with Crippen LogP contribution in [0.4, 0.5) is 11.4 Å². The standard InChI is InChI=1S/C17H14N4O5/c1-10(26-12-5-3-2-4-6-12)16(22)20-19-15-13-9-11(21(24)25)7-8-14(13)18-17(15)23/h2-10,18,23H,1H3/t10-/m1/s1. The molecule has 3 rings (SSSR count). The first-order valence-electron chi connectivity index (χ1n) is 7.62. The van der Waals surface area contributed by atoms with Crippen LogP contribution in [0.1, 0.15) is 6.92 Å². The molecule has 9 nitrogen and oxygen atoms in total. The molecule has 26 heavy (non-hydrogen) atoms. The van der Waals surface area contributed by atoms with E-state index in [0.717, 1.165) is 0 Å². The summed E-state index contributed by atoms with van der Waals surface area (Å²) in [6.45, 7) is 1.52. The smallest absolute Gasteiger partial charge is 0.304 e. The first-order chi connectivity index (χ1) is 12.5. The molecule has 0 bridgehead atoms. The summed E-state index contributed by atoms with van der Waals surface area (Å²) in [4.78, 5) is 25.0. The molecule has 0 saturated heterocycles. The molecule has 1 amide bonds. The van der Waals surface area contributed by atoms with Crippen molar-refractivity contribution in [1.29, 1.82) is 0 Å². The summed E-state index contributed by atoms with van der Waals surface area (Å²) in [7, 11) is 0. The van der Waals surface area contributed by atoms with Crippen molar-refractivity contribution in [2.45, 2.75) is 13.0 Å². The molecule has 2 aromatic carbocycles. The van der Waals surface area contributed by atoms with E-state index in [1.165, 1.54) is 25.1 Å². The number of H-pyrrole nitrogens is 1. The lowest BCUT2D eigenvalue weighted by Gasteiger charge is -2.10. The molecule has 0 radical (unpaired) electrons. The predicted molar refractivity (Wildman–Crippen MR) is 92.7 cm³/mol. The fraction of sp³-hybridized carbons (Fsp3) is 0.118. The average molecular weight is 354 g/mol. The second kappa shape index (κ2) is 7.01. The molecule has 0 saturated carbocycles. The van der Waals surface area contributed by atoms with Crippen LogP contribution in [0.5, 0.6) is 11.6 Å². The predicted octanol–water partition coefficient (Wildman–Crippen LogP) is 3.86. The monoisotopic (exact) mass is 354 g/mol. The maximum Gasteiger partial charge on any atom is 0.304 e. The van der Waals surface area contributed by atoms with Crippen LogP contribution in [-0.4, -0.2) is 27.0 Å². The van der Waals surface area contributed by atoms with Crippen LogP contribution >= 0.6 is 0 Å². The Labute approximate surface area is 147 Å². The molecule has 2 N–H and O–H groups in total. The number of para-hydroxylation sites is 1. The molecule has 0 unspecified atom stereocenters. The van der Waals surface area contributed by atoms with E-state index < -0.39 is 16.9 Å². The highest BCUT2D eigenvalue weighted by atomic mass is 16.6. The van der Waals surface area contributed by atoms with Gasteiger partial charge in [0, 0.05) is 17.5 Å². The van der Waals surface area contributed by atoms with Gasteiger partial charge in [0.05, 0.1) is 10.4 Å². The summed E-state index contributed by atoms with van der Waals surface area (Å²) >= 11 is 0. The quantitative estimate of drug-likeness (QED) is 0.408. The molecule has 0 aliphatic heterocycles. The Hall–Kier alpha value is -3.75. The van der Waals surface area contributed by atoms with Crippen molar-refractivity contribution in [2.75, 3.05) is 0 Å². The van der Waals surface area contributed by atoms with Crippen molar-refractivity contribution in [2.24, 2.45) is 10.2 Å². The first-order valence-corrected chi connectivity index (χ1v) is 7.62. The number of nitrogens with zero attached hydrogens (tertiary/aromatic N) is 3. The van der Waals surface area contributed by atoms with Crippen molar-refractivity contribution >= 4 is 28.2 Å². The molecule has 0 aliphatic carbocycles. The van der Waals surface area contributed by atoms with E-state index in [-0.39, 0.29) is 22.6 Å². The number of aromatic nitrogens is 1. The minimum atomic E-state index is -0.886. The number of carbonyl (C=O) groups is 1. The minimum absolute atomic E-state index is 0.0519. The van der Waals surface area contributed by atoms with E-state index in [1.807, 2.05) is 6.07 Å². The van der Waals surface area contributed by atoms with Gasteiger partial charge in [0.15, 0.2) is 11.8 Å². The number of carbonyl (C=O) groups excluding carboxylic acids is 1. The number of benzene rings is 2. The van der Waals surface area contributed by atoms with Crippen molar-refractivity contribution in [1.82, 2.24) is 4.98 Å². The Morgan fingerprint density at radius 1 is 1.27 bits per heavy atom. The summed E-state index contributed by atoms with van der Waals surface area (Å²) in [5, 5.41) is 28.4. The Balaban J connectivity index is 1.83. The number of azo groups is 1. The highest BCUT2D eigenvalue weighted by Gasteiger charge is 2.17. The lowest BCUT2D eigenvalue weighted by atomic mass is 10.2. The third-order valence-electron chi connectivity index (χ3n) is 3.60. The van der Waals surface area contributed by atoms with Crippen molar-refractivity contribution < 1.29 is 19.6 Å². The van der Waals surface area contributed by atoms with Gasteiger partial charge in [-0.25, -0.2) is 0 Å². The largest absolute Gasteiger partial charge is 0.493 e. The van der Waals surface area contributed by atoms with Crippen LogP contribution in [0.25, 0.3) is 10.9 Å². The Bertz CT molecular complexity index is 997. The number of nitro benzene ring substituents is 1. The Kier molecular flexibility index (Phi) is 4.61. The van der Waals surface area contributed by atoms with E-state index in [0.29, 0.717) is 11.3 Å². The number of non-ortho nitro benzene ring substituents is 1. The highest BCUT2D eigenvalue weighted by Crippen LogP contribution is 2.37. The fourth-order valence-corrected chi connectivity index (χ4v) is 2.30. The van der Waals surface area contributed by atoms with E-state index >= 15 is 0 Å². The van der Waals surface area contributed by atoms with Crippen LogP contribution < -0.4 is 4.74 Å². The lowest BCUT2D eigenvalue weighted by Crippen LogP contribution is -2.21. The summed E-state index contributed by atoms with van der Waals surface area (Å²) in [5.41, 5.74) is 0.215. The number of nitrogens with one attached hydrogen (secondary N) is 1. The molecular formula is C17H14N4O5. The number of fused-ring (bicyclic) bond motifs is 1. The molecule has 1 atom stereocenters. The van der Waals surface area contributed by atoms with Gasteiger partial charge in [-0.15, -0.1) is 10.2 Å². The molecule has 1 aromatic heterocycles.